The topological polar surface area (TPSA) is 32.8 Å². The summed E-state index contributed by atoms with van der Waals surface area (Å²) in [5.41, 5.74) is 0.840. The number of ether oxygens (including phenoxy) is 1. The fourth-order valence-corrected chi connectivity index (χ4v) is 3.63. The Morgan fingerprint density at radius 3 is 2.79 bits per heavy atom. The third-order valence-electron chi connectivity index (χ3n) is 4.92. The lowest BCUT2D eigenvalue weighted by Gasteiger charge is -2.24. The first-order valence-corrected chi connectivity index (χ1v) is 8.72. The van der Waals surface area contributed by atoms with Crippen LogP contribution in [-0.2, 0) is 4.79 Å². The molecule has 0 bridgehead atoms. The first-order chi connectivity index (χ1) is 11.7. The van der Waals surface area contributed by atoms with Gasteiger partial charge in [-0.15, -0.1) is 0 Å². The average molecular weight is 332 g/mol. The van der Waals surface area contributed by atoms with E-state index in [0.29, 0.717) is 0 Å². The van der Waals surface area contributed by atoms with Crippen molar-refractivity contribution in [1.82, 2.24) is 9.80 Å². The van der Waals surface area contributed by atoms with Crippen molar-refractivity contribution in [3.63, 3.8) is 0 Å². The van der Waals surface area contributed by atoms with Crippen LogP contribution in [0.2, 0.25) is 0 Å². The molecule has 0 radical (unpaired) electrons. The van der Waals surface area contributed by atoms with E-state index in [0.717, 1.165) is 44.6 Å². The molecule has 24 heavy (non-hydrogen) atoms. The Morgan fingerprint density at radius 2 is 2.08 bits per heavy atom. The standard InChI is InChI=1S/C19H25FN2O2/c1-24-18-9-8-15(14-16(18)20)17-6-4-13-22(17)19(23)7-5-12-21-10-2-3-11-21/h5,7-9,14,17H,2-4,6,10-13H2,1H3/b7-5+. The van der Waals surface area contributed by atoms with Crippen molar-refractivity contribution >= 4 is 5.91 Å². The van der Waals surface area contributed by atoms with Crippen molar-refractivity contribution in [3.8, 4) is 5.75 Å². The van der Waals surface area contributed by atoms with Gasteiger partial charge >= 0.3 is 0 Å². The predicted molar refractivity (Wildman–Crippen MR) is 91.5 cm³/mol. The van der Waals surface area contributed by atoms with Gasteiger partial charge in [0.05, 0.1) is 13.2 Å². The normalized spacial score (nSPS) is 21.8. The molecule has 2 heterocycles. The molecular formula is C19H25FN2O2. The lowest BCUT2D eigenvalue weighted by Crippen LogP contribution is -2.29. The highest BCUT2D eigenvalue weighted by atomic mass is 19.1. The molecule has 1 aromatic rings. The van der Waals surface area contributed by atoms with Crippen LogP contribution in [0.4, 0.5) is 4.39 Å². The Hall–Kier alpha value is -1.88. The zero-order valence-electron chi connectivity index (χ0n) is 14.2. The summed E-state index contributed by atoms with van der Waals surface area (Å²) >= 11 is 0. The minimum absolute atomic E-state index is 0.0212. The molecule has 1 amide bonds. The number of benzene rings is 1. The number of halogens is 1. The Kier molecular flexibility index (Phi) is 5.51. The molecule has 4 nitrogen and oxygen atoms in total. The smallest absolute Gasteiger partial charge is 0.246 e. The largest absolute Gasteiger partial charge is 0.494 e. The molecule has 5 heteroatoms. The second kappa shape index (κ2) is 7.79. The number of amides is 1. The number of hydrogen-bond donors (Lipinski definition) is 0. The molecule has 0 saturated carbocycles. The van der Waals surface area contributed by atoms with Crippen LogP contribution in [0.25, 0.3) is 0 Å². The lowest BCUT2D eigenvalue weighted by atomic mass is 10.0. The molecular weight excluding hydrogens is 307 g/mol. The van der Waals surface area contributed by atoms with Gasteiger partial charge in [0.25, 0.3) is 0 Å². The summed E-state index contributed by atoms with van der Waals surface area (Å²) in [5.74, 6) is -0.119. The highest BCUT2D eigenvalue weighted by Crippen LogP contribution is 2.33. The molecule has 1 aromatic carbocycles. The van der Waals surface area contributed by atoms with Crippen molar-refractivity contribution in [3.05, 3.63) is 41.7 Å². The summed E-state index contributed by atoms with van der Waals surface area (Å²) in [7, 11) is 1.45. The monoisotopic (exact) mass is 332 g/mol. The lowest BCUT2D eigenvalue weighted by molar-refractivity contribution is -0.126. The van der Waals surface area contributed by atoms with Gasteiger partial charge in [0.2, 0.25) is 5.91 Å². The van der Waals surface area contributed by atoms with Gasteiger partial charge in [-0.3, -0.25) is 9.69 Å². The molecule has 130 valence electrons. The van der Waals surface area contributed by atoms with Gasteiger partial charge in [0.1, 0.15) is 0 Å². The minimum Gasteiger partial charge on any atom is -0.494 e. The number of rotatable bonds is 5. The third kappa shape index (κ3) is 3.78. The van der Waals surface area contributed by atoms with Crippen molar-refractivity contribution in [2.75, 3.05) is 33.3 Å². The first kappa shape index (κ1) is 17.0. The number of nitrogens with zero attached hydrogens (tertiary/aromatic N) is 2. The predicted octanol–water partition coefficient (Wildman–Crippen LogP) is 3.15. The van der Waals surface area contributed by atoms with E-state index in [1.54, 1.807) is 12.1 Å². The molecule has 0 N–H and O–H groups in total. The zero-order valence-corrected chi connectivity index (χ0v) is 14.2. The molecule has 2 aliphatic rings. The molecule has 1 atom stereocenters. The summed E-state index contributed by atoms with van der Waals surface area (Å²) in [6.07, 6.45) is 7.95. The SMILES string of the molecule is COc1ccc(C2CCCN2C(=O)/C=C/CN2CCCC2)cc1F. The molecule has 2 aliphatic heterocycles. The second-order valence-electron chi connectivity index (χ2n) is 6.49. The quantitative estimate of drug-likeness (QED) is 0.777. The van der Waals surface area contributed by atoms with Crippen LogP contribution in [-0.4, -0.2) is 49.0 Å². The molecule has 2 saturated heterocycles. The van der Waals surface area contributed by atoms with E-state index >= 15 is 0 Å². The van der Waals surface area contributed by atoms with Crippen molar-refractivity contribution in [2.24, 2.45) is 0 Å². The van der Waals surface area contributed by atoms with Crippen molar-refractivity contribution in [1.29, 1.82) is 0 Å². The van der Waals surface area contributed by atoms with Crippen LogP contribution in [0, 0.1) is 5.82 Å². The molecule has 0 aromatic heterocycles. The van der Waals surface area contributed by atoms with Crippen LogP contribution in [0.5, 0.6) is 5.75 Å². The van der Waals surface area contributed by atoms with E-state index in [1.165, 1.54) is 26.0 Å². The van der Waals surface area contributed by atoms with Gasteiger partial charge in [0, 0.05) is 19.2 Å². The van der Waals surface area contributed by atoms with Gasteiger partial charge in [-0.1, -0.05) is 12.1 Å². The Morgan fingerprint density at radius 1 is 1.29 bits per heavy atom. The van der Waals surface area contributed by atoms with Crippen LogP contribution in [0.3, 0.4) is 0 Å². The Balaban J connectivity index is 1.64. The molecule has 2 fully saturated rings. The van der Waals surface area contributed by atoms with Gasteiger partial charge in [-0.2, -0.15) is 0 Å². The minimum atomic E-state index is -0.376. The third-order valence-corrected chi connectivity index (χ3v) is 4.92. The second-order valence-corrected chi connectivity index (χ2v) is 6.49. The van der Waals surface area contributed by atoms with E-state index in [-0.39, 0.29) is 23.5 Å². The molecule has 1 unspecified atom stereocenters. The fraction of sp³-hybridized carbons (Fsp3) is 0.526. The summed E-state index contributed by atoms with van der Waals surface area (Å²) < 4.78 is 18.9. The Bertz CT molecular complexity index is 611. The first-order valence-electron chi connectivity index (χ1n) is 8.72. The Labute approximate surface area is 142 Å². The van der Waals surface area contributed by atoms with Gasteiger partial charge in [0.15, 0.2) is 11.6 Å². The molecule has 0 aliphatic carbocycles. The van der Waals surface area contributed by atoms with Crippen LogP contribution in [0.15, 0.2) is 30.4 Å². The number of carbonyl (C=O) groups excluding carboxylic acids is 1. The van der Waals surface area contributed by atoms with E-state index in [1.807, 2.05) is 17.0 Å². The van der Waals surface area contributed by atoms with Crippen molar-refractivity contribution in [2.45, 2.75) is 31.7 Å². The molecule has 0 spiro atoms. The highest BCUT2D eigenvalue weighted by Gasteiger charge is 2.29. The van der Waals surface area contributed by atoms with E-state index in [9.17, 15) is 9.18 Å². The molecule has 3 rings (SSSR count). The van der Waals surface area contributed by atoms with Gasteiger partial charge < -0.3 is 9.64 Å². The summed E-state index contributed by atoms with van der Waals surface area (Å²) in [4.78, 5) is 16.7. The van der Waals surface area contributed by atoms with E-state index < -0.39 is 0 Å². The summed E-state index contributed by atoms with van der Waals surface area (Å²) in [6.45, 7) is 3.80. The highest BCUT2D eigenvalue weighted by molar-refractivity contribution is 5.88. The number of carbonyl (C=O) groups is 1. The number of hydrogen-bond acceptors (Lipinski definition) is 3. The maximum absolute atomic E-state index is 14.0. The van der Waals surface area contributed by atoms with E-state index in [2.05, 4.69) is 4.90 Å². The number of methoxy groups -OCH3 is 1. The van der Waals surface area contributed by atoms with Crippen molar-refractivity contribution < 1.29 is 13.9 Å². The maximum Gasteiger partial charge on any atom is 0.246 e. The number of likely N-dealkylation sites (tertiary alicyclic amines) is 2. The van der Waals surface area contributed by atoms with Gasteiger partial charge in [-0.25, -0.2) is 4.39 Å². The van der Waals surface area contributed by atoms with Crippen LogP contribution in [0.1, 0.15) is 37.3 Å². The summed E-state index contributed by atoms with van der Waals surface area (Å²) in [5, 5.41) is 0. The summed E-state index contributed by atoms with van der Waals surface area (Å²) in [6, 6.07) is 4.93. The van der Waals surface area contributed by atoms with E-state index in [4.69, 9.17) is 4.74 Å². The maximum atomic E-state index is 14.0. The van der Waals surface area contributed by atoms with Crippen LogP contribution >= 0.6 is 0 Å². The zero-order chi connectivity index (χ0) is 16.9. The van der Waals surface area contributed by atoms with Crippen LogP contribution < -0.4 is 4.74 Å². The van der Waals surface area contributed by atoms with Gasteiger partial charge in [-0.05, 0) is 56.5 Å². The fourth-order valence-electron chi connectivity index (χ4n) is 3.63. The average Bonchev–Trinajstić information content (AvgIpc) is 3.26.